The molecule has 0 bridgehead atoms. The van der Waals surface area contributed by atoms with Crippen LogP contribution in [0.1, 0.15) is 10.4 Å². The summed E-state index contributed by atoms with van der Waals surface area (Å²) in [5, 5.41) is 0. The Morgan fingerprint density at radius 2 is 1.81 bits per heavy atom. The number of aromatic nitrogens is 1. The molecule has 27 heavy (non-hydrogen) atoms. The van der Waals surface area contributed by atoms with E-state index < -0.39 is 5.97 Å². The maximum atomic E-state index is 12.3. The topological polar surface area (TPSA) is 72.0 Å². The van der Waals surface area contributed by atoms with E-state index in [9.17, 15) is 9.59 Å². The zero-order valence-corrected chi connectivity index (χ0v) is 16.5. The van der Waals surface area contributed by atoms with Gasteiger partial charge in [-0.15, -0.1) is 0 Å². The number of benzene rings is 1. The molecule has 1 amide bonds. The second kappa shape index (κ2) is 8.85. The molecular weight excluding hydrogens is 414 g/mol. The largest absolute Gasteiger partial charge is 0.497 e. The molecule has 3 rings (SSSR count). The van der Waals surface area contributed by atoms with Crippen LogP contribution in [-0.2, 0) is 9.53 Å². The van der Waals surface area contributed by atoms with E-state index in [1.165, 1.54) is 6.20 Å². The number of pyridine rings is 1. The van der Waals surface area contributed by atoms with Crippen LogP contribution in [0.25, 0.3) is 0 Å². The first-order valence-electron chi connectivity index (χ1n) is 8.51. The van der Waals surface area contributed by atoms with E-state index in [1.807, 2.05) is 24.3 Å². The molecule has 8 heteroatoms. The molecule has 0 spiro atoms. The van der Waals surface area contributed by atoms with Gasteiger partial charge in [0.25, 0.3) is 5.91 Å². The Morgan fingerprint density at radius 3 is 2.44 bits per heavy atom. The highest BCUT2D eigenvalue weighted by atomic mass is 79.9. The van der Waals surface area contributed by atoms with Gasteiger partial charge >= 0.3 is 5.97 Å². The third-order valence-corrected chi connectivity index (χ3v) is 4.77. The summed E-state index contributed by atoms with van der Waals surface area (Å²) < 4.78 is 11.0. The van der Waals surface area contributed by atoms with Gasteiger partial charge < -0.3 is 19.3 Å². The Balaban J connectivity index is 1.47. The molecule has 0 atom stereocenters. The summed E-state index contributed by atoms with van der Waals surface area (Å²) in [6, 6.07) is 9.45. The van der Waals surface area contributed by atoms with Crippen molar-refractivity contribution in [1.82, 2.24) is 9.88 Å². The number of halogens is 1. The smallest absolute Gasteiger partial charge is 0.340 e. The number of amides is 1. The summed E-state index contributed by atoms with van der Waals surface area (Å²) in [5.74, 6) is 0.0599. The maximum absolute atomic E-state index is 12.3. The first-order chi connectivity index (χ1) is 13.1. The monoisotopic (exact) mass is 433 g/mol. The van der Waals surface area contributed by atoms with E-state index >= 15 is 0 Å². The van der Waals surface area contributed by atoms with Gasteiger partial charge in [-0.2, -0.15) is 0 Å². The number of carbonyl (C=O) groups excluding carboxylic acids is 2. The first kappa shape index (κ1) is 19.2. The Bertz CT molecular complexity index is 805. The van der Waals surface area contributed by atoms with E-state index in [1.54, 1.807) is 24.3 Å². The predicted octanol–water partition coefficient (Wildman–Crippen LogP) is 2.36. The van der Waals surface area contributed by atoms with Crippen molar-refractivity contribution in [2.75, 3.05) is 44.8 Å². The molecule has 0 radical (unpaired) electrons. The zero-order chi connectivity index (χ0) is 19.2. The van der Waals surface area contributed by atoms with Crippen molar-refractivity contribution < 1.29 is 19.1 Å². The van der Waals surface area contributed by atoms with Crippen LogP contribution >= 0.6 is 15.9 Å². The number of anilines is 1. The van der Waals surface area contributed by atoms with Gasteiger partial charge in [0.05, 0.1) is 12.7 Å². The number of piperazine rings is 1. The van der Waals surface area contributed by atoms with Crippen LogP contribution in [0.15, 0.2) is 47.2 Å². The number of hydrogen-bond acceptors (Lipinski definition) is 6. The Morgan fingerprint density at radius 1 is 1.11 bits per heavy atom. The molecule has 0 aliphatic carbocycles. The normalized spacial score (nSPS) is 14.0. The molecule has 2 heterocycles. The minimum Gasteiger partial charge on any atom is -0.497 e. The molecule has 1 fully saturated rings. The summed E-state index contributed by atoms with van der Waals surface area (Å²) in [6.07, 6.45) is 2.98. The summed E-state index contributed by atoms with van der Waals surface area (Å²) in [4.78, 5) is 32.2. The Labute approximate surface area is 166 Å². The minimum absolute atomic E-state index is 0.194. The molecular formula is C19H20BrN3O4. The predicted molar refractivity (Wildman–Crippen MR) is 104 cm³/mol. The second-order valence-electron chi connectivity index (χ2n) is 6.03. The molecule has 0 N–H and O–H groups in total. The van der Waals surface area contributed by atoms with Gasteiger partial charge in [-0.3, -0.25) is 9.78 Å². The molecule has 2 aromatic rings. The van der Waals surface area contributed by atoms with Crippen LogP contribution in [0.5, 0.6) is 5.75 Å². The van der Waals surface area contributed by atoms with Crippen molar-refractivity contribution in [2.45, 2.75) is 0 Å². The molecule has 1 saturated heterocycles. The van der Waals surface area contributed by atoms with Gasteiger partial charge in [0.1, 0.15) is 5.75 Å². The lowest BCUT2D eigenvalue weighted by Crippen LogP contribution is -2.49. The van der Waals surface area contributed by atoms with Crippen LogP contribution in [0.3, 0.4) is 0 Å². The fraction of sp³-hybridized carbons (Fsp3) is 0.316. The SMILES string of the molecule is COc1ccc(N2CCN(C(=O)COC(=O)c3cncc(Br)c3)CC2)cc1. The zero-order valence-electron chi connectivity index (χ0n) is 14.9. The highest BCUT2D eigenvalue weighted by Gasteiger charge is 2.22. The molecule has 142 valence electrons. The number of nitrogens with zero attached hydrogens (tertiary/aromatic N) is 3. The standard InChI is InChI=1S/C19H20BrN3O4/c1-26-17-4-2-16(3-5-17)22-6-8-23(9-7-22)18(24)13-27-19(25)14-10-15(20)12-21-11-14/h2-5,10-12H,6-9,13H2,1H3. The fourth-order valence-corrected chi connectivity index (χ4v) is 3.20. The van der Waals surface area contributed by atoms with Crippen LogP contribution in [0, 0.1) is 0 Å². The summed E-state index contributed by atoms with van der Waals surface area (Å²) >= 11 is 3.25. The van der Waals surface area contributed by atoms with Crippen molar-refractivity contribution in [1.29, 1.82) is 0 Å². The number of hydrogen-bond donors (Lipinski definition) is 0. The van der Waals surface area contributed by atoms with Crippen LogP contribution < -0.4 is 9.64 Å². The van der Waals surface area contributed by atoms with Crippen LogP contribution in [0.2, 0.25) is 0 Å². The average molecular weight is 434 g/mol. The van der Waals surface area contributed by atoms with Crippen molar-refractivity contribution in [2.24, 2.45) is 0 Å². The highest BCUT2D eigenvalue weighted by molar-refractivity contribution is 9.10. The summed E-state index contributed by atoms with van der Waals surface area (Å²) in [5.41, 5.74) is 1.40. The van der Waals surface area contributed by atoms with Gasteiger partial charge in [-0.1, -0.05) is 0 Å². The molecule has 0 saturated carbocycles. The minimum atomic E-state index is -0.561. The van der Waals surface area contributed by atoms with Crippen molar-refractivity contribution in [3.63, 3.8) is 0 Å². The highest BCUT2D eigenvalue weighted by Crippen LogP contribution is 2.20. The third-order valence-electron chi connectivity index (χ3n) is 4.34. The molecule has 1 aromatic heterocycles. The molecule has 0 unspecified atom stereocenters. The lowest BCUT2D eigenvalue weighted by molar-refractivity contribution is -0.134. The third kappa shape index (κ3) is 4.97. The van der Waals surface area contributed by atoms with Gasteiger partial charge in [0, 0.05) is 48.7 Å². The van der Waals surface area contributed by atoms with Gasteiger partial charge in [0.15, 0.2) is 6.61 Å². The lowest BCUT2D eigenvalue weighted by Gasteiger charge is -2.36. The van der Waals surface area contributed by atoms with Crippen molar-refractivity contribution in [3.8, 4) is 5.75 Å². The summed E-state index contributed by atoms with van der Waals surface area (Å²) in [6.45, 7) is 2.35. The first-order valence-corrected chi connectivity index (χ1v) is 9.30. The van der Waals surface area contributed by atoms with Gasteiger partial charge in [-0.25, -0.2) is 4.79 Å². The lowest BCUT2D eigenvalue weighted by atomic mass is 10.2. The van der Waals surface area contributed by atoms with Crippen molar-refractivity contribution >= 4 is 33.5 Å². The number of rotatable bonds is 5. The summed E-state index contributed by atoms with van der Waals surface area (Å²) in [7, 11) is 1.64. The van der Waals surface area contributed by atoms with E-state index in [-0.39, 0.29) is 12.5 Å². The van der Waals surface area contributed by atoms with Crippen LogP contribution in [-0.4, -0.2) is 61.7 Å². The number of ether oxygens (including phenoxy) is 2. The second-order valence-corrected chi connectivity index (χ2v) is 6.95. The van der Waals surface area contributed by atoms with Gasteiger partial charge in [-0.05, 0) is 46.3 Å². The van der Waals surface area contributed by atoms with E-state index in [2.05, 4.69) is 25.8 Å². The van der Waals surface area contributed by atoms with Crippen molar-refractivity contribution in [3.05, 3.63) is 52.8 Å². The Hall–Kier alpha value is -2.61. The van der Waals surface area contributed by atoms with Gasteiger partial charge in [0.2, 0.25) is 0 Å². The number of carbonyl (C=O) groups is 2. The molecule has 1 aromatic carbocycles. The maximum Gasteiger partial charge on any atom is 0.340 e. The molecule has 7 nitrogen and oxygen atoms in total. The van der Waals surface area contributed by atoms with Crippen LogP contribution in [0.4, 0.5) is 5.69 Å². The number of esters is 1. The average Bonchev–Trinajstić information content (AvgIpc) is 2.72. The van der Waals surface area contributed by atoms with E-state index in [0.29, 0.717) is 23.1 Å². The quantitative estimate of drug-likeness (QED) is 0.673. The molecule has 1 aliphatic heterocycles. The van der Waals surface area contributed by atoms with E-state index in [0.717, 1.165) is 24.5 Å². The number of methoxy groups -OCH3 is 1. The Kier molecular flexibility index (Phi) is 6.28. The van der Waals surface area contributed by atoms with E-state index in [4.69, 9.17) is 9.47 Å². The fourth-order valence-electron chi connectivity index (χ4n) is 2.83. The molecule has 1 aliphatic rings.